The predicted octanol–water partition coefficient (Wildman–Crippen LogP) is 1.29. The van der Waals surface area contributed by atoms with Gasteiger partial charge in [-0.1, -0.05) is 6.07 Å². The Morgan fingerprint density at radius 1 is 1.15 bits per heavy atom. The molecular formula is C14H23N3O2S. The Morgan fingerprint density at radius 2 is 1.75 bits per heavy atom. The fourth-order valence-electron chi connectivity index (χ4n) is 2.39. The van der Waals surface area contributed by atoms with Gasteiger partial charge in [0, 0.05) is 37.9 Å². The maximum Gasteiger partial charge on any atom is 0.243 e. The molecule has 0 bridgehead atoms. The van der Waals surface area contributed by atoms with Gasteiger partial charge in [-0.15, -0.1) is 0 Å². The van der Waals surface area contributed by atoms with Crippen LogP contribution in [0.15, 0.2) is 23.1 Å². The second-order valence-corrected chi connectivity index (χ2v) is 7.49. The van der Waals surface area contributed by atoms with Crippen molar-refractivity contribution in [2.24, 2.45) is 0 Å². The van der Waals surface area contributed by atoms with Crippen molar-refractivity contribution in [2.75, 3.05) is 31.9 Å². The first-order chi connectivity index (χ1) is 9.32. The van der Waals surface area contributed by atoms with E-state index in [0.717, 1.165) is 18.7 Å². The van der Waals surface area contributed by atoms with Gasteiger partial charge in [0.05, 0.1) is 4.90 Å². The van der Waals surface area contributed by atoms with Gasteiger partial charge in [-0.3, -0.25) is 4.90 Å². The van der Waals surface area contributed by atoms with Gasteiger partial charge in [-0.2, -0.15) is 4.31 Å². The van der Waals surface area contributed by atoms with Crippen LogP contribution in [0, 0.1) is 6.92 Å². The number of aryl methyl sites for hydroxylation is 1. The number of hydrogen-bond donors (Lipinski definition) is 1. The number of hydrogen-bond acceptors (Lipinski definition) is 4. The average Bonchev–Trinajstić information content (AvgIpc) is 2.41. The fraction of sp³-hybridized carbons (Fsp3) is 0.571. The molecule has 0 unspecified atom stereocenters. The van der Waals surface area contributed by atoms with Gasteiger partial charge >= 0.3 is 0 Å². The third-order valence-corrected chi connectivity index (χ3v) is 5.79. The van der Waals surface area contributed by atoms with E-state index in [0.29, 0.717) is 29.7 Å². The predicted molar refractivity (Wildman–Crippen MR) is 81.1 cm³/mol. The van der Waals surface area contributed by atoms with Crippen molar-refractivity contribution in [3.63, 3.8) is 0 Å². The maximum atomic E-state index is 12.6. The minimum atomic E-state index is -3.42. The first kappa shape index (κ1) is 15.3. The van der Waals surface area contributed by atoms with E-state index < -0.39 is 10.0 Å². The summed E-state index contributed by atoms with van der Waals surface area (Å²) in [6.07, 6.45) is 0. The van der Waals surface area contributed by atoms with Crippen LogP contribution in [0.1, 0.15) is 19.4 Å². The highest BCUT2D eigenvalue weighted by Crippen LogP contribution is 2.22. The van der Waals surface area contributed by atoms with Crippen LogP contribution in [0.3, 0.4) is 0 Å². The number of nitrogens with zero attached hydrogens (tertiary/aromatic N) is 2. The molecule has 0 aliphatic carbocycles. The van der Waals surface area contributed by atoms with E-state index in [1.807, 2.05) is 6.92 Å². The molecule has 2 N–H and O–H groups in total. The molecule has 1 aromatic carbocycles. The van der Waals surface area contributed by atoms with E-state index in [-0.39, 0.29) is 0 Å². The molecule has 1 heterocycles. The van der Waals surface area contributed by atoms with Crippen molar-refractivity contribution in [3.05, 3.63) is 23.8 Å². The number of anilines is 1. The summed E-state index contributed by atoms with van der Waals surface area (Å²) in [6.45, 7) is 8.75. The second-order valence-electron chi connectivity index (χ2n) is 5.55. The smallest absolute Gasteiger partial charge is 0.243 e. The van der Waals surface area contributed by atoms with Crippen molar-refractivity contribution in [3.8, 4) is 0 Å². The first-order valence-corrected chi connectivity index (χ1v) is 8.36. The van der Waals surface area contributed by atoms with Gasteiger partial charge in [0.15, 0.2) is 0 Å². The summed E-state index contributed by atoms with van der Waals surface area (Å²) in [7, 11) is -3.42. The molecule has 0 spiro atoms. The van der Waals surface area contributed by atoms with Crippen LogP contribution in [-0.4, -0.2) is 49.8 Å². The Kier molecular flexibility index (Phi) is 4.36. The maximum absolute atomic E-state index is 12.6. The molecule has 5 nitrogen and oxygen atoms in total. The Balaban J connectivity index is 2.17. The van der Waals surface area contributed by atoms with Gasteiger partial charge in [0.1, 0.15) is 0 Å². The molecule has 2 rings (SSSR count). The number of piperazine rings is 1. The molecule has 0 amide bonds. The van der Waals surface area contributed by atoms with E-state index in [1.54, 1.807) is 22.5 Å². The van der Waals surface area contributed by atoms with Gasteiger partial charge in [0.2, 0.25) is 10.0 Å². The molecule has 6 heteroatoms. The van der Waals surface area contributed by atoms with Crippen molar-refractivity contribution in [2.45, 2.75) is 31.7 Å². The summed E-state index contributed by atoms with van der Waals surface area (Å²) in [5.74, 6) is 0. The molecule has 0 aromatic heterocycles. The number of rotatable bonds is 3. The summed E-state index contributed by atoms with van der Waals surface area (Å²) >= 11 is 0. The molecule has 0 saturated carbocycles. The summed E-state index contributed by atoms with van der Waals surface area (Å²) in [5.41, 5.74) is 7.23. The quantitative estimate of drug-likeness (QED) is 0.854. The summed E-state index contributed by atoms with van der Waals surface area (Å²) < 4.78 is 26.7. The van der Waals surface area contributed by atoms with Crippen LogP contribution < -0.4 is 5.73 Å². The van der Waals surface area contributed by atoms with Crippen LogP contribution >= 0.6 is 0 Å². The summed E-state index contributed by atoms with van der Waals surface area (Å²) in [5, 5.41) is 0. The van der Waals surface area contributed by atoms with Crippen molar-refractivity contribution >= 4 is 15.7 Å². The normalized spacial score (nSPS) is 18.6. The fourth-order valence-corrected chi connectivity index (χ4v) is 3.85. The van der Waals surface area contributed by atoms with E-state index >= 15 is 0 Å². The summed E-state index contributed by atoms with van der Waals surface area (Å²) in [4.78, 5) is 2.58. The Hall–Kier alpha value is -1.11. The van der Waals surface area contributed by atoms with E-state index in [9.17, 15) is 8.42 Å². The van der Waals surface area contributed by atoms with Gasteiger partial charge < -0.3 is 5.73 Å². The zero-order valence-corrected chi connectivity index (χ0v) is 13.2. The van der Waals surface area contributed by atoms with E-state index in [1.165, 1.54) is 0 Å². The Morgan fingerprint density at radius 3 is 2.25 bits per heavy atom. The monoisotopic (exact) mass is 297 g/mol. The SMILES string of the molecule is Cc1ccc(S(=O)(=O)N2CCN(C(C)C)CC2)cc1N. The van der Waals surface area contributed by atoms with Crippen molar-refractivity contribution in [1.29, 1.82) is 0 Å². The Labute approximate surface area is 121 Å². The highest BCUT2D eigenvalue weighted by Gasteiger charge is 2.29. The van der Waals surface area contributed by atoms with E-state index in [2.05, 4.69) is 18.7 Å². The van der Waals surface area contributed by atoms with Crippen LogP contribution in [0.4, 0.5) is 5.69 Å². The standard InChI is InChI=1S/C14H23N3O2S/c1-11(2)16-6-8-17(9-7-16)20(18,19)13-5-4-12(3)14(15)10-13/h4-5,10-11H,6-9,15H2,1-3H3. The first-order valence-electron chi connectivity index (χ1n) is 6.92. The largest absolute Gasteiger partial charge is 0.398 e. The summed E-state index contributed by atoms with van der Waals surface area (Å²) in [6, 6.07) is 5.40. The second kappa shape index (κ2) is 5.71. The molecule has 1 aromatic rings. The van der Waals surface area contributed by atoms with E-state index in [4.69, 9.17) is 5.73 Å². The molecule has 1 fully saturated rings. The molecule has 1 aliphatic rings. The molecule has 20 heavy (non-hydrogen) atoms. The molecular weight excluding hydrogens is 274 g/mol. The minimum absolute atomic E-state index is 0.290. The lowest BCUT2D eigenvalue weighted by molar-refractivity contribution is 0.154. The van der Waals surface area contributed by atoms with Crippen LogP contribution in [0.5, 0.6) is 0 Å². The molecule has 1 aliphatic heterocycles. The number of benzene rings is 1. The van der Waals surface area contributed by atoms with Crippen LogP contribution in [-0.2, 0) is 10.0 Å². The molecule has 112 valence electrons. The molecule has 1 saturated heterocycles. The molecule has 0 atom stereocenters. The molecule has 0 radical (unpaired) electrons. The lowest BCUT2D eigenvalue weighted by Crippen LogP contribution is -2.50. The average molecular weight is 297 g/mol. The zero-order valence-electron chi connectivity index (χ0n) is 12.3. The Bertz CT molecular complexity index is 576. The lowest BCUT2D eigenvalue weighted by Gasteiger charge is -2.36. The highest BCUT2D eigenvalue weighted by molar-refractivity contribution is 7.89. The van der Waals surface area contributed by atoms with Crippen molar-refractivity contribution < 1.29 is 8.42 Å². The van der Waals surface area contributed by atoms with Gasteiger partial charge in [0.25, 0.3) is 0 Å². The lowest BCUT2D eigenvalue weighted by atomic mass is 10.2. The topological polar surface area (TPSA) is 66.6 Å². The van der Waals surface area contributed by atoms with Crippen LogP contribution in [0.2, 0.25) is 0 Å². The third-order valence-electron chi connectivity index (χ3n) is 3.89. The van der Waals surface area contributed by atoms with Gasteiger partial charge in [-0.05, 0) is 38.5 Å². The number of nitrogen functional groups attached to an aromatic ring is 1. The third kappa shape index (κ3) is 2.97. The van der Waals surface area contributed by atoms with Crippen molar-refractivity contribution in [1.82, 2.24) is 9.21 Å². The van der Waals surface area contributed by atoms with Crippen LogP contribution in [0.25, 0.3) is 0 Å². The van der Waals surface area contributed by atoms with Gasteiger partial charge in [-0.25, -0.2) is 8.42 Å². The number of sulfonamides is 1. The minimum Gasteiger partial charge on any atom is -0.398 e. The zero-order chi connectivity index (χ0) is 14.9. The number of nitrogens with two attached hydrogens (primary N) is 1. The highest BCUT2D eigenvalue weighted by atomic mass is 32.2.